The Morgan fingerprint density at radius 3 is 3.00 bits per heavy atom. The molecule has 0 aromatic carbocycles. The Morgan fingerprint density at radius 2 is 2.31 bits per heavy atom. The van der Waals surface area contributed by atoms with E-state index in [4.69, 9.17) is 0 Å². The molecule has 0 radical (unpaired) electrons. The second-order valence-corrected chi connectivity index (χ2v) is 4.25. The number of carbonyl (C=O) groups excluding carboxylic acids is 1. The Balaban J connectivity index is 2.24. The first kappa shape index (κ1) is 11.2. The lowest BCUT2D eigenvalue weighted by Crippen LogP contribution is -2.30. The third kappa shape index (κ3) is 1.96. The van der Waals surface area contributed by atoms with Crippen LogP contribution >= 0.6 is 0 Å². The molecule has 2 heterocycles. The third-order valence-corrected chi connectivity index (χ3v) is 3.23. The van der Waals surface area contributed by atoms with Crippen LogP contribution in [0.5, 0.6) is 0 Å². The molecule has 1 aromatic rings. The fourth-order valence-electron chi connectivity index (χ4n) is 2.28. The van der Waals surface area contributed by atoms with Crippen LogP contribution in [-0.4, -0.2) is 27.5 Å². The van der Waals surface area contributed by atoms with Gasteiger partial charge >= 0.3 is 0 Å². The Bertz CT molecular complexity index is 384. The highest BCUT2D eigenvalue weighted by atomic mass is 16.2. The van der Waals surface area contributed by atoms with Gasteiger partial charge in [0.25, 0.3) is 0 Å². The van der Waals surface area contributed by atoms with Gasteiger partial charge in [0.2, 0.25) is 5.91 Å². The number of aromatic nitrogens is 2. The predicted octanol–water partition coefficient (Wildman–Crippen LogP) is 1.66. The number of hydrogen-bond acceptors (Lipinski definition) is 2. The Hall–Kier alpha value is -1.32. The van der Waals surface area contributed by atoms with Gasteiger partial charge in [0.05, 0.1) is 5.69 Å². The normalized spacial score (nSPS) is 15.8. The lowest BCUT2D eigenvalue weighted by Gasteiger charge is -2.19. The van der Waals surface area contributed by atoms with Crippen LogP contribution in [0.15, 0.2) is 0 Å². The minimum Gasteiger partial charge on any atom is -0.338 e. The highest BCUT2D eigenvalue weighted by Crippen LogP contribution is 2.20. The maximum absolute atomic E-state index is 11.7. The predicted molar refractivity (Wildman–Crippen MR) is 62.0 cm³/mol. The number of aryl methyl sites for hydroxylation is 2. The molecule has 0 atom stereocenters. The number of amides is 1. The van der Waals surface area contributed by atoms with Crippen LogP contribution < -0.4 is 0 Å². The quantitative estimate of drug-likeness (QED) is 0.825. The Labute approximate surface area is 96.0 Å². The van der Waals surface area contributed by atoms with Crippen LogP contribution in [-0.2, 0) is 24.2 Å². The van der Waals surface area contributed by atoms with E-state index in [0.29, 0.717) is 6.42 Å². The van der Waals surface area contributed by atoms with E-state index in [2.05, 4.69) is 17.1 Å². The van der Waals surface area contributed by atoms with Crippen molar-refractivity contribution in [1.29, 1.82) is 0 Å². The zero-order chi connectivity index (χ0) is 11.5. The van der Waals surface area contributed by atoms with Crippen LogP contribution in [0.3, 0.4) is 0 Å². The van der Waals surface area contributed by atoms with Crippen LogP contribution in [0.1, 0.15) is 43.6 Å². The van der Waals surface area contributed by atoms with Crippen molar-refractivity contribution in [2.45, 2.75) is 46.1 Å². The molecule has 0 unspecified atom stereocenters. The number of carbonyl (C=O) groups is 1. The smallest absolute Gasteiger partial charge is 0.222 e. The lowest BCUT2D eigenvalue weighted by molar-refractivity contribution is -0.131. The summed E-state index contributed by atoms with van der Waals surface area (Å²) in [5.41, 5.74) is 3.59. The molecular weight excluding hydrogens is 202 g/mol. The van der Waals surface area contributed by atoms with Gasteiger partial charge in [-0.2, -0.15) is 5.10 Å². The first-order chi connectivity index (χ1) is 7.76. The first-order valence-electron chi connectivity index (χ1n) is 6.09. The van der Waals surface area contributed by atoms with E-state index >= 15 is 0 Å². The molecule has 0 saturated carbocycles. The summed E-state index contributed by atoms with van der Waals surface area (Å²) >= 11 is 0. The van der Waals surface area contributed by atoms with Gasteiger partial charge in [-0.25, -0.2) is 0 Å². The number of fused-ring (bicyclic) bond motifs is 1. The SMILES string of the molecule is CCC(=O)N1CCCc2[nH]nc(CC)c2C1. The number of rotatable bonds is 2. The van der Waals surface area contributed by atoms with Gasteiger partial charge in [0.15, 0.2) is 0 Å². The third-order valence-electron chi connectivity index (χ3n) is 3.23. The van der Waals surface area contributed by atoms with Crippen LogP contribution in [0.2, 0.25) is 0 Å². The fourth-order valence-corrected chi connectivity index (χ4v) is 2.28. The summed E-state index contributed by atoms with van der Waals surface area (Å²) < 4.78 is 0. The minimum atomic E-state index is 0.246. The van der Waals surface area contributed by atoms with Gasteiger partial charge in [-0.05, 0) is 19.3 Å². The summed E-state index contributed by atoms with van der Waals surface area (Å²) in [5.74, 6) is 0.246. The summed E-state index contributed by atoms with van der Waals surface area (Å²) in [6.45, 7) is 5.64. The number of H-pyrrole nitrogens is 1. The molecule has 0 spiro atoms. The van der Waals surface area contributed by atoms with E-state index in [-0.39, 0.29) is 5.91 Å². The summed E-state index contributed by atoms with van der Waals surface area (Å²) in [5, 5.41) is 7.42. The molecule has 0 bridgehead atoms. The van der Waals surface area contributed by atoms with E-state index in [1.54, 1.807) is 0 Å². The molecule has 88 valence electrons. The van der Waals surface area contributed by atoms with Gasteiger partial charge < -0.3 is 4.90 Å². The van der Waals surface area contributed by atoms with Crippen LogP contribution in [0, 0.1) is 0 Å². The molecule has 1 N–H and O–H groups in total. The van der Waals surface area contributed by atoms with E-state index in [1.807, 2.05) is 11.8 Å². The lowest BCUT2D eigenvalue weighted by atomic mass is 10.1. The average Bonchev–Trinajstić information content (AvgIpc) is 2.57. The van der Waals surface area contributed by atoms with Crippen molar-refractivity contribution >= 4 is 5.91 Å². The highest BCUT2D eigenvalue weighted by molar-refractivity contribution is 5.75. The van der Waals surface area contributed by atoms with Crippen molar-refractivity contribution in [2.75, 3.05) is 6.54 Å². The van der Waals surface area contributed by atoms with Gasteiger partial charge in [-0.3, -0.25) is 9.89 Å². The van der Waals surface area contributed by atoms with Gasteiger partial charge in [-0.15, -0.1) is 0 Å². The monoisotopic (exact) mass is 221 g/mol. The number of nitrogens with one attached hydrogen (secondary N) is 1. The highest BCUT2D eigenvalue weighted by Gasteiger charge is 2.21. The molecule has 4 nitrogen and oxygen atoms in total. The summed E-state index contributed by atoms with van der Waals surface area (Å²) in [6, 6.07) is 0. The van der Waals surface area contributed by atoms with Gasteiger partial charge in [0, 0.05) is 30.8 Å². The van der Waals surface area contributed by atoms with Crippen molar-refractivity contribution in [1.82, 2.24) is 15.1 Å². The topological polar surface area (TPSA) is 49.0 Å². The Morgan fingerprint density at radius 1 is 1.50 bits per heavy atom. The van der Waals surface area contributed by atoms with E-state index in [0.717, 1.165) is 38.0 Å². The van der Waals surface area contributed by atoms with Gasteiger partial charge in [0.1, 0.15) is 0 Å². The summed E-state index contributed by atoms with van der Waals surface area (Å²) in [7, 11) is 0. The van der Waals surface area contributed by atoms with E-state index in [9.17, 15) is 4.79 Å². The summed E-state index contributed by atoms with van der Waals surface area (Å²) in [4.78, 5) is 13.7. The zero-order valence-corrected chi connectivity index (χ0v) is 10.0. The van der Waals surface area contributed by atoms with Crippen molar-refractivity contribution in [2.24, 2.45) is 0 Å². The maximum atomic E-state index is 11.7. The first-order valence-corrected chi connectivity index (χ1v) is 6.09. The summed E-state index contributed by atoms with van der Waals surface area (Å²) in [6.07, 6.45) is 3.56. The Kier molecular flexibility index (Phi) is 3.27. The molecule has 0 fully saturated rings. The standard InChI is InChI=1S/C12H19N3O/c1-3-10-9-8-15(12(16)4-2)7-5-6-11(9)14-13-10/h3-8H2,1-2H3,(H,13,14). The van der Waals surface area contributed by atoms with E-state index in [1.165, 1.54) is 11.3 Å². The largest absolute Gasteiger partial charge is 0.338 e. The molecule has 1 aliphatic heterocycles. The fraction of sp³-hybridized carbons (Fsp3) is 0.667. The van der Waals surface area contributed by atoms with Crippen molar-refractivity contribution in [3.05, 3.63) is 17.0 Å². The van der Waals surface area contributed by atoms with Crippen LogP contribution in [0.4, 0.5) is 0 Å². The molecule has 16 heavy (non-hydrogen) atoms. The molecule has 4 heteroatoms. The van der Waals surface area contributed by atoms with Gasteiger partial charge in [-0.1, -0.05) is 13.8 Å². The zero-order valence-electron chi connectivity index (χ0n) is 10.0. The van der Waals surface area contributed by atoms with Crippen molar-refractivity contribution in [3.63, 3.8) is 0 Å². The second kappa shape index (κ2) is 4.68. The average molecular weight is 221 g/mol. The molecule has 0 aliphatic carbocycles. The second-order valence-electron chi connectivity index (χ2n) is 4.25. The number of nitrogens with zero attached hydrogens (tertiary/aromatic N) is 2. The van der Waals surface area contributed by atoms with E-state index < -0.39 is 0 Å². The molecule has 1 amide bonds. The molecular formula is C12H19N3O. The molecule has 1 aromatic heterocycles. The molecule has 1 aliphatic rings. The van der Waals surface area contributed by atoms with Crippen LogP contribution in [0.25, 0.3) is 0 Å². The maximum Gasteiger partial charge on any atom is 0.222 e. The minimum absolute atomic E-state index is 0.246. The molecule has 0 saturated heterocycles. The number of aromatic amines is 1. The number of hydrogen-bond donors (Lipinski definition) is 1. The van der Waals surface area contributed by atoms with Crippen molar-refractivity contribution in [3.8, 4) is 0 Å². The van der Waals surface area contributed by atoms with Crippen molar-refractivity contribution < 1.29 is 4.79 Å². The molecule has 2 rings (SSSR count).